The lowest BCUT2D eigenvalue weighted by Crippen LogP contribution is -2.39. The number of halogens is 3. The molecular formula is C15H19F3N2O. The van der Waals surface area contributed by atoms with Gasteiger partial charge in [-0.1, -0.05) is 0 Å². The van der Waals surface area contributed by atoms with Gasteiger partial charge in [0.1, 0.15) is 23.0 Å². The number of carbonyl (C=O) groups excluding carboxylic acids is 1. The molecule has 1 aromatic rings. The van der Waals surface area contributed by atoms with E-state index in [1.54, 1.807) is 0 Å². The highest BCUT2D eigenvalue weighted by molar-refractivity contribution is 5.94. The van der Waals surface area contributed by atoms with Crippen molar-refractivity contribution < 1.29 is 18.0 Å². The van der Waals surface area contributed by atoms with E-state index in [-0.39, 0.29) is 0 Å². The van der Waals surface area contributed by atoms with Crippen LogP contribution in [0.1, 0.15) is 29.6 Å². The van der Waals surface area contributed by atoms with Gasteiger partial charge in [0.2, 0.25) is 0 Å². The standard InChI is InChI=1S/C15H19F3N2O/c1-19-5-2-10-3-6-20(7-4-10)15(21)14-12(17)8-11(16)9-13(14)18/h8-10,19H,2-7H2,1H3. The minimum Gasteiger partial charge on any atom is -0.338 e. The van der Waals surface area contributed by atoms with Crippen LogP contribution in [-0.4, -0.2) is 37.5 Å². The fourth-order valence-corrected chi connectivity index (χ4v) is 2.68. The van der Waals surface area contributed by atoms with E-state index < -0.39 is 28.9 Å². The van der Waals surface area contributed by atoms with Crippen molar-refractivity contribution in [3.8, 4) is 0 Å². The van der Waals surface area contributed by atoms with E-state index in [0.29, 0.717) is 31.1 Å². The maximum absolute atomic E-state index is 13.6. The van der Waals surface area contributed by atoms with Crippen LogP contribution in [0.3, 0.4) is 0 Å². The van der Waals surface area contributed by atoms with Crippen molar-refractivity contribution in [3.05, 3.63) is 35.1 Å². The third kappa shape index (κ3) is 3.75. The molecule has 1 fully saturated rings. The van der Waals surface area contributed by atoms with E-state index in [4.69, 9.17) is 0 Å². The van der Waals surface area contributed by atoms with Gasteiger partial charge in [-0.25, -0.2) is 13.2 Å². The first-order valence-corrected chi connectivity index (χ1v) is 7.11. The fourth-order valence-electron chi connectivity index (χ4n) is 2.68. The number of nitrogens with zero attached hydrogens (tertiary/aromatic N) is 1. The summed E-state index contributed by atoms with van der Waals surface area (Å²) in [5, 5.41) is 3.08. The molecule has 0 radical (unpaired) electrons. The molecule has 21 heavy (non-hydrogen) atoms. The summed E-state index contributed by atoms with van der Waals surface area (Å²) in [5.41, 5.74) is -0.662. The van der Waals surface area contributed by atoms with Gasteiger partial charge < -0.3 is 10.2 Å². The normalized spacial score (nSPS) is 16.3. The first kappa shape index (κ1) is 15.8. The summed E-state index contributed by atoms with van der Waals surface area (Å²) in [6, 6.07) is 1.08. The van der Waals surface area contributed by atoms with Crippen LogP contribution >= 0.6 is 0 Å². The summed E-state index contributed by atoms with van der Waals surface area (Å²) in [4.78, 5) is 13.6. The highest BCUT2D eigenvalue weighted by atomic mass is 19.1. The van der Waals surface area contributed by atoms with Crippen LogP contribution in [0.15, 0.2) is 12.1 Å². The van der Waals surface area contributed by atoms with Crippen LogP contribution in [0.25, 0.3) is 0 Å². The van der Waals surface area contributed by atoms with Gasteiger partial charge in [-0.3, -0.25) is 4.79 Å². The second-order valence-corrected chi connectivity index (χ2v) is 5.37. The molecule has 6 heteroatoms. The number of rotatable bonds is 4. The monoisotopic (exact) mass is 300 g/mol. The van der Waals surface area contributed by atoms with Gasteiger partial charge >= 0.3 is 0 Å². The average molecular weight is 300 g/mol. The molecule has 1 saturated heterocycles. The van der Waals surface area contributed by atoms with Gasteiger partial charge in [0.25, 0.3) is 5.91 Å². The largest absolute Gasteiger partial charge is 0.338 e. The number of likely N-dealkylation sites (tertiary alicyclic amines) is 1. The fraction of sp³-hybridized carbons (Fsp3) is 0.533. The smallest absolute Gasteiger partial charge is 0.259 e. The zero-order valence-corrected chi connectivity index (χ0v) is 12.0. The number of hydrogen-bond donors (Lipinski definition) is 1. The Kier molecular flexibility index (Phi) is 5.22. The summed E-state index contributed by atoms with van der Waals surface area (Å²) in [5.74, 6) is -3.49. The zero-order chi connectivity index (χ0) is 15.4. The van der Waals surface area contributed by atoms with Crippen molar-refractivity contribution in [1.29, 1.82) is 0 Å². The number of piperidine rings is 1. The number of benzene rings is 1. The summed E-state index contributed by atoms with van der Waals surface area (Å²) >= 11 is 0. The highest BCUT2D eigenvalue weighted by Crippen LogP contribution is 2.23. The predicted octanol–water partition coefficient (Wildman–Crippen LogP) is 2.57. The molecule has 0 bridgehead atoms. The minimum atomic E-state index is -1.14. The first-order valence-electron chi connectivity index (χ1n) is 7.11. The number of carbonyl (C=O) groups is 1. The molecule has 1 aliphatic rings. The van der Waals surface area contributed by atoms with E-state index >= 15 is 0 Å². The summed E-state index contributed by atoms with van der Waals surface area (Å²) in [6.07, 6.45) is 2.66. The molecule has 116 valence electrons. The summed E-state index contributed by atoms with van der Waals surface area (Å²) < 4.78 is 40.1. The third-order valence-corrected chi connectivity index (χ3v) is 3.93. The number of amides is 1. The Bertz CT molecular complexity index is 491. The molecule has 0 spiro atoms. The Morgan fingerprint density at radius 1 is 1.24 bits per heavy atom. The van der Waals surface area contributed by atoms with Gasteiger partial charge in [0, 0.05) is 25.2 Å². The second kappa shape index (κ2) is 6.93. The summed E-state index contributed by atoms with van der Waals surface area (Å²) in [6.45, 7) is 1.87. The molecule has 2 rings (SSSR count). The van der Waals surface area contributed by atoms with Crippen molar-refractivity contribution in [2.24, 2.45) is 5.92 Å². The quantitative estimate of drug-likeness (QED) is 0.927. The van der Waals surface area contributed by atoms with Crippen molar-refractivity contribution >= 4 is 5.91 Å². The van der Waals surface area contributed by atoms with Crippen LogP contribution in [0.2, 0.25) is 0 Å². The Balaban J connectivity index is 2.02. The average Bonchev–Trinajstić information content (AvgIpc) is 2.44. The van der Waals surface area contributed by atoms with Gasteiger partial charge in [-0.2, -0.15) is 0 Å². The van der Waals surface area contributed by atoms with Crippen LogP contribution in [0, 0.1) is 23.4 Å². The zero-order valence-electron chi connectivity index (χ0n) is 12.0. The van der Waals surface area contributed by atoms with Gasteiger partial charge in [0.05, 0.1) is 0 Å². The molecule has 1 amide bonds. The van der Waals surface area contributed by atoms with Crippen molar-refractivity contribution in [2.75, 3.05) is 26.7 Å². The van der Waals surface area contributed by atoms with E-state index in [0.717, 1.165) is 25.8 Å². The van der Waals surface area contributed by atoms with Gasteiger partial charge in [0.15, 0.2) is 0 Å². The molecule has 1 aromatic carbocycles. The Hall–Kier alpha value is -1.56. The van der Waals surface area contributed by atoms with Crippen molar-refractivity contribution in [1.82, 2.24) is 10.2 Å². The van der Waals surface area contributed by atoms with Crippen LogP contribution in [-0.2, 0) is 0 Å². The number of hydrogen-bond acceptors (Lipinski definition) is 2. The van der Waals surface area contributed by atoms with E-state index in [1.165, 1.54) is 4.90 Å². The van der Waals surface area contributed by atoms with Crippen molar-refractivity contribution in [2.45, 2.75) is 19.3 Å². The Morgan fingerprint density at radius 3 is 2.33 bits per heavy atom. The molecule has 1 heterocycles. The molecular weight excluding hydrogens is 281 g/mol. The lowest BCUT2D eigenvalue weighted by molar-refractivity contribution is 0.0677. The lowest BCUT2D eigenvalue weighted by Gasteiger charge is -2.32. The maximum atomic E-state index is 13.6. The topological polar surface area (TPSA) is 32.3 Å². The molecule has 0 aliphatic carbocycles. The Labute approximate surface area is 122 Å². The summed E-state index contributed by atoms with van der Waals surface area (Å²) in [7, 11) is 1.89. The van der Waals surface area contributed by atoms with Crippen molar-refractivity contribution in [3.63, 3.8) is 0 Å². The molecule has 0 saturated carbocycles. The predicted molar refractivity (Wildman–Crippen MR) is 73.5 cm³/mol. The first-order chi connectivity index (χ1) is 10.0. The van der Waals surface area contributed by atoms with Crippen LogP contribution in [0.5, 0.6) is 0 Å². The molecule has 1 N–H and O–H groups in total. The lowest BCUT2D eigenvalue weighted by atomic mass is 9.93. The second-order valence-electron chi connectivity index (χ2n) is 5.37. The maximum Gasteiger partial charge on any atom is 0.259 e. The van der Waals surface area contributed by atoms with Gasteiger partial charge in [-0.15, -0.1) is 0 Å². The number of nitrogens with one attached hydrogen (secondary N) is 1. The van der Waals surface area contributed by atoms with E-state index in [2.05, 4.69) is 5.32 Å². The third-order valence-electron chi connectivity index (χ3n) is 3.93. The molecule has 0 atom stereocenters. The van der Waals surface area contributed by atoms with Crippen LogP contribution in [0.4, 0.5) is 13.2 Å². The van der Waals surface area contributed by atoms with E-state index in [9.17, 15) is 18.0 Å². The Morgan fingerprint density at radius 2 is 1.81 bits per heavy atom. The molecule has 3 nitrogen and oxygen atoms in total. The van der Waals surface area contributed by atoms with E-state index in [1.807, 2.05) is 7.05 Å². The SMILES string of the molecule is CNCCC1CCN(C(=O)c2c(F)cc(F)cc2F)CC1. The van der Waals surface area contributed by atoms with Gasteiger partial charge in [-0.05, 0) is 38.8 Å². The molecule has 0 unspecified atom stereocenters. The molecule has 0 aromatic heterocycles. The van der Waals surface area contributed by atoms with Crippen LogP contribution < -0.4 is 5.32 Å². The molecule has 1 aliphatic heterocycles. The highest BCUT2D eigenvalue weighted by Gasteiger charge is 2.27. The minimum absolute atomic E-state index is 0.476.